The predicted molar refractivity (Wildman–Crippen MR) is 82.7 cm³/mol. The third-order valence-corrected chi connectivity index (χ3v) is 5.51. The minimum Gasteiger partial charge on any atom is -0.465 e. The molecular formula is C15H20N2O3S. The molecule has 2 rings (SSSR count). The topological polar surface area (TPSA) is 76.5 Å². The molecule has 21 heavy (non-hydrogen) atoms. The summed E-state index contributed by atoms with van der Waals surface area (Å²) in [5.74, 6) is 0.931. The van der Waals surface area contributed by atoms with Crippen molar-refractivity contribution in [2.24, 2.45) is 5.73 Å². The van der Waals surface area contributed by atoms with Gasteiger partial charge in [0.2, 0.25) is 0 Å². The minimum absolute atomic E-state index is 0.129. The number of sulfonamides is 1. The number of anilines is 1. The summed E-state index contributed by atoms with van der Waals surface area (Å²) in [5.41, 5.74) is 6.87. The van der Waals surface area contributed by atoms with Crippen LogP contribution in [0.2, 0.25) is 0 Å². The average Bonchev–Trinajstić information content (AvgIpc) is 2.75. The van der Waals surface area contributed by atoms with Crippen LogP contribution in [0, 0.1) is 13.8 Å². The van der Waals surface area contributed by atoms with Crippen molar-refractivity contribution in [3.8, 4) is 0 Å². The molecule has 1 heterocycles. The summed E-state index contributed by atoms with van der Waals surface area (Å²) in [4.78, 5) is 0.188. The van der Waals surface area contributed by atoms with E-state index in [-0.39, 0.29) is 11.4 Å². The Kier molecular flexibility index (Phi) is 4.39. The van der Waals surface area contributed by atoms with Gasteiger partial charge in [-0.15, -0.1) is 0 Å². The molecule has 0 spiro atoms. The van der Waals surface area contributed by atoms with E-state index >= 15 is 0 Å². The molecule has 0 unspecified atom stereocenters. The Labute approximate surface area is 125 Å². The van der Waals surface area contributed by atoms with Gasteiger partial charge in [-0.2, -0.15) is 0 Å². The SMILES string of the molecule is CCN(c1ccccc1)S(=O)(=O)c1c(C)oc(C)c1CN. The Morgan fingerprint density at radius 1 is 1.14 bits per heavy atom. The first kappa shape index (κ1) is 15.6. The van der Waals surface area contributed by atoms with Crippen molar-refractivity contribution in [3.05, 3.63) is 47.4 Å². The fraction of sp³-hybridized carbons (Fsp3) is 0.333. The van der Waals surface area contributed by atoms with Crippen LogP contribution in [0.5, 0.6) is 0 Å². The molecule has 5 nitrogen and oxygen atoms in total. The van der Waals surface area contributed by atoms with Crippen molar-refractivity contribution in [1.82, 2.24) is 0 Å². The lowest BCUT2D eigenvalue weighted by Crippen LogP contribution is -2.31. The van der Waals surface area contributed by atoms with Gasteiger partial charge in [0.25, 0.3) is 10.0 Å². The molecule has 0 radical (unpaired) electrons. The smallest absolute Gasteiger partial charge is 0.268 e. The van der Waals surface area contributed by atoms with Gasteiger partial charge in [-0.3, -0.25) is 4.31 Å². The number of aryl methyl sites for hydroxylation is 2. The van der Waals surface area contributed by atoms with Gasteiger partial charge in [0.1, 0.15) is 16.4 Å². The number of benzene rings is 1. The summed E-state index contributed by atoms with van der Waals surface area (Å²) in [6.07, 6.45) is 0. The molecule has 0 atom stereocenters. The lowest BCUT2D eigenvalue weighted by molar-refractivity contribution is 0.494. The Morgan fingerprint density at radius 2 is 1.76 bits per heavy atom. The van der Waals surface area contributed by atoms with Crippen molar-refractivity contribution in [1.29, 1.82) is 0 Å². The molecule has 0 aliphatic carbocycles. The van der Waals surface area contributed by atoms with E-state index in [1.807, 2.05) is 18.2 Å². The van der Waals surface area contributed by atoms with Gasteiger partial charge < -0.3 is 10.2 Å². The van der Waals surface area contributed by atoms with E-state index in [0.717, 1.165) is 0 Å². The van der Waals surface area contributed by atoms with Gasteiger partial charge in [-0.25, -0.2) is 8.42 Å². The second-order valence-electron chi connectivity index (χ2n) is 4.73. The molecule has 6 heteroatoms. The lowest BCUT2D eigenvalue weighted by Gasteiger charge is -2.23. The zero-order valence-corrected chi connectivity index (χ0v) is 13.3. The van der Waals surface area contributed by atoms with Gasteiger partial charge in [0.05, 0.1) is 5.69 Å². The highest BCUT2D eigenvalue weighted by molar-refractivity contribution is 7.93. The molecule has 2 N–H and O–H groups in total. The van der Waals surface area contributed by atoms with Crippen LogP contribution in [0.3, 0.4) is 0 Å². The summed E-state index contributed by atoms with van der Waals surface area (Å²) in [6.45, 7) is 5.64. The van der Waals surface area contributed by atoms with Crippen molar-refractivity contribution >= 4 is 15.7 Å². The van der Waals surface area contributed by atoms with Crippen LogP contribution in [0.4, 0.5) is 5.69 Å². The molecule has 0 amide bonds. The molecule has 0 fully saturated rings. The van der Waals surface area contributed by atoms with E-state index in [2.05, 4.69) is 0 Å². The monoisotopic (exact) mass is 308 g/mol. The first-order valence-electron chi connectivity index (χ1n) is 6.80. The van der Waals surface area contributed by atoms with Gasteiger partial charge in [-0.1, -0.05) is 18.2 Å². The van der Waals surface area contributed by atoms with E-state index in [1.165, 1.54) is 4.31 Å². The highest BCUT2D eigenvalue weighted by atomic mass is 32.2. The standard InChI is InChI=1S/C15H20N2O3S/c1-4-17(13-8-6-5-7-9-13)21(18,19)15-12(3)20-11(2)14(15)10-16/h5-9H,4,10,16H2,1-3H3. The molecular weight excluding hydrogens is 288 g/mol. The van der Waals surface area contributed by atoms with Crippen LogP contribution in [-0.2, 0) is 16.6 Å². The zero-order chi connectivity index (χ0) is 15.6. The highest BCUT2D eigenvalue weighted by Crippen LogP contribution is 2.31. The van der Waals surface area contributed by atoms with Crippen molar-refractivity contribution < 1.29 is 12.8 Å². The van der Waals surface area contributed by atoms with Crippen molar-refractivity contribution in [2.45, 2.75) is 32.2 Å². The Balaban J connectivity index is 2.61. The van der Waals surface area contributed by atoms with E-state index in [1.54, 1.807) is 32.9 Å². The normalized spacial score (nSPS) is 11.6. The number of furan rings is 1. The second-order valence-corrected chi connectivity index (χ2v) is 6.53. The van der Waals surface area contributed by atoms with Crippen LogP contribution in [0.25, 0.3) is 0 Å². The van der Waals surface area contributed by atoms with Crippen LogP contribution < -0.4 is 10.0 Å². The Hall–Kier alpha value is -1.79. The Morgan fingerprint density at radius 3 is 2.29 bits per heavy atom. The van der Waals surface area contributed by atoms with Crippen LogP contribution in [0.15, 0.2) is 39.6 Å². The molecule has 1 aromatic heterocycles. The number of hydrogen-bond donors (Lipinski definition) is 1. The van der Waals surface area contributed by atoms with E-state index < -0.39 is 10.0 Å². The maximum atomic E-state index is 13.0. The summed E-state index contributed by atoms with van der Waals surface area (Å²) in [5, 5.41) is 0. The molecule has 2 aromatic rings. The number of rotatable bonds is 5. The number of hydrogen-bond acceptors (Lipinski definition) is 4. The van der Waals surface area contributed by atoms with Crippen molar-refractivity contribution in [3.63, 3.8) is 0 Å². The summed E-state index contributed by atoms with van der Waals surface area (Å²) < 4.78 is 32.8. The summed E-state index contributed by atoms with van der Waals surface area (Å²) >= 11 is 0. The molecule has 0 aliphatic rings. The Bertz CT molecular complexity index is 721. The quantitative estimate of drug-likeness (QED) is 0.921. The number of nitrogens with zero attached hydrogens (tertiary/aromatic N) is 1. The van der Waals surface area contributed by atoms with Gasteiger partial charge >= 0.3 is 0 Å². The number of para-hydroxylation sites is 1. The fourth-order valence-electron chi connectivity index (χ4n) is 2.48. The van der Waals surface area contributed by atoms with E-state index in [4.69, 9.17) is 10.2 Å². The maximum Gasteiger partial charge on any atom is 0.268 e. The molecule has 114 valence electrons. The summed E-state index contributed by atoms with van der Waals surface area (Å²) in [7, 11) is -3.70. The predicted octanol–water partition coefficient (Wildman–Crippen LogP) is 2.57. The van der Waals surface area contributed by atoms with E-state index in [9.17, 15) is 8.42 Å². The fourth-order valence-corrected chi connectivity index (χ4v) is 4.38. The maximum absolute atomic E-state index is 13.0. The minimum atomic E-state index is -3.70. The van der Waals surface area contributed by atoms with Crippen molar-refractivity contribution in [2.75, 3.05) is 10.8 Å². The molecule has 0 saturated carbocycles. The first-order chi connectivity index (χ1) is 9.93. The highest BCUT2D eigenvalue weighted by Gasteiger charge is 2.31. The zero-order valence-electron chi connectivity index (χ0n) is 12.5. The third kappa shape index (κ3) is 2.69. The largest absolute Gasteiger partial charge is 0.465 e. The molecule has 0 aliphatic heterocycles. The molecule has 1 aromatic carbocycles. The first-order valence-corrected chi connectivity index (χ1v) is 8.24. The summed E-state index contributed by atoms with van der Waals surface area (Å²) in [6, 6.07) is 9.01. The van der Waals surface area contributed by atoms with Crippen LogP contribution >= 0.6 is 0 Å². The molecule has 0 bridgehead atoms. The lowest BCUT2D eigenvalue weighted by atomic mass is 10.2. The van der Waals surface area contributed by atoms with Gasteiger partial charge in [-0.05, 0) is 32.9 Å². The average molecular weight is 308 g/mol. The van der Waals surface area contributed by atoms with Crippen LogP contribution in [0.1, 0.15) is 24.0 Å². The van der Waals surface area contributed by atoms with Gasteiger partial charge in [0, 0.05) is 18.7 Å². The molecule has 0 saturated heterocycles. The third-order valence-electron chi connectivity index (χ3n) is 3.41. The number of nitrogens with two attached hydrogens (primary N) is 1. The van der Waals surface area contributed by atoms with E-state index in [0.29, 0.717) is 29.3 Å². The van der Waals surface area contributed by atoms with Crippen LogP contribution in [-0.4, -0.2) is 15.0 Å². The second kappa shape index (κ2) is 5.91. The van der Waals surface area contributed by atoms with Gasteiger partial charge in [0.15, 0.2) is 0 Å².